The second-order valence-corrected chi connectivity index (χ2v) is 8.37. The minimum atomic E-state index is -0.422. The lowest BCUT2D eigenvalue weighted by atomic mass is 10.2. The number of rotatable bonds is 6. The zero-order chi connectivity index (χ0) is 19.4. The van der Waals surface area contributed by atoms with Crippen LogP contribution >= 0.6 is 39.3 Å². The Morgan fingerprint density at radius 3 is 2.63 bits per heavy atom. The molecule has 2 aromatic carbocycles. The highest BCUT2D eigenvalue weighted by Gasteiger charge is 2.15. The van der Waals surface area contributed by atoms with E-state index in [0.29, 0.717) is 16.0 Å². The largest absolute Gasteiger partial charge is 0.212 e. The maximum atomic E-state index is 14.0. The summed E-state index contributed by atoms with van der Waals surface area (Å²) in [7, 11) is 0. The van der Waals surface area contributed by atoms with Gasteiger partial charge in [-0.25, -0.2) is 4.39 Å². The van der Waals surface area contributed by atoms with Crippen molar-refractivity contribution in [3.8, 4) is 0 Å². The van der Waals surface area contributed by atoms with E-state index in [2.05, 4.69) is 31.2 Å². The molecular weight excluding hydrogens is 451 g/mol. The first-order valence-corrected chi connectivity index (χ1v) is 10.4. The molecule has 0 aliphatic carbocycles. The van der Waals surface area contributed by atoms with Crippen molar-refractivity contribution in [2.24, 2.45) is 5.10 Å². The number of nitrogens with zero attached hydrogens (tertiary/aromatic N) is 4. The van der Waals surface area contributed by atoms with E-state index < -0.39 is 5.82 Å². The predicted molar refractivity (Wildman–Crippen MR) is 112 cm³/mol. The molecule has 0 unspecified atom stereocenters. The van der Waals surface area contributed by atoms with Crippen molar-refractivity contribution in [1.29, 1.82) is 0 Å². The lowest BCUT2D eigenvalue weighted by Crippen LogP contribution is -2.03. The van der Waals surface area contributed by atoms with Crippen molar-refractivity contribution in [3.63, 3.8) is 0 Å². The number of hydrogen-bond acceptors (Lipinski definition) is 4. The second kappa shape index (κ2) is 8.99. The molecule has 0 saturated heterocycles. The molecule has 0 amide bonds. The molecule has 8 heteroatoms. The zero-order valence-corrected chi connectivity index (χ0v) is 17.9. The van der Waals surface area contributed by atoms with Gasteiger partial charge in [-0.2, -0.15) is 9.78 Å². The lowest BCUT2D eigenvalue weighted by molar-refractivity contribution is 0.624. The van der Waals surface area contributed by atoms with Crippen LogP contribution in [0.4, 0.5) is 4.39 Å². The van der Waals surface area contributed by atoms with Crippen LogP contribution in [-0.4, -0.2) is 21.1 Å². The third kappa shape index (κ3) is 4.97. The predicted octanol–water partition coefficient (Wildman–Crippen LogP) is 6.13. The van der Waals surface area contributed by atoms with E-state index >= 15 is 0 Å². The summed E-state index contributed by atoms with van der Waals surface area (Å²) in [5.41, 5.74) is 1.40. The van der Waals surface area contributed by atoms with E-state index in [1.807, 2.05) is 38.1 Å². The van der Waals surface area contributed by atoms with Crippen molar-refractivity contribution in [2.75, 3.05) is 0 Å². The molecule has 140 valence electrons. The van der Waals surface area contributed by atoms with Crippen molar-refractivity contribution in [1.82, 2.24) is 14.9 Å². The van der Waals surface area contributed by atoms with Gasteiger partial charge >= 0.3 is 0 Å². The van der Waals surface area contributed by atoms with Crippen LogP contribution in [0.3, 0.4) is 0 Å². The average Bonchev–Trinajstić information content (AvgIpc) is 3.04. The maximum absolute atomic E-state index is 14.0. The molecule has 0 aliphatic rings. The summed E-state index contributed by atoms with van der Waals surface area (Å²) in [6.45, 7) is 4.02. The topological polar surface area (TPSA) is 43.1 Å². The number of aromatic nitrogens is 3. The molecule has 3 rings (SSSR count). The van der Waals surface area contributed by atoms with Crippen molar-refractivity contribution >= 4 is 45.5 Å². The number of benzene rings is 2. The molecule has 0 fully saturated rings. The molecule has 0 radical (unpaired) electrons. The lowest BCUT2D eigenvalue weighted by Gasteiger charge is -2.07. The van der Waals surface area contributed by atoms with Gasteiger partial charge in [0.05, 0.1) is 11.2 Å². The van der Waals surface area contributed by atoms with Crippen LogP contribution in [0.1, 0.15) is 36.7 Å². The Hall–Kier alpha value is -1.70. The summed E-state index contributed by atoms with van der Waals surface area (Å²) >= 11 is 11.0. The molecule has 0 spiro atoms. The molecule has 0 N–H and O–H groups in total. The fraction of sp³-hybridized carbons (Fsp3) is 0.211. The molecule has 27 heavy (non-hydrogen) atoms. The summed E-state index contributed by atoms with van der Waals surface area (Å²) in [4.78, 5) is 0. The Balaban J connectivity index is 1.87. The van der Waals surface area contributed by atoms with Gasteiger partial charge in [0.15, 0.2) is 5.82 Å². The van der Waals surface area contributed by atoms with E-state index in [1.165, 1.54) is 24.0 Å². The minimum absolute atomic E-state index is 0.118. The van der Waals surface area contributed by atoms with Crippen LogP contribution in [-0.2, 0) is 5.75 Å². The Kier molecular flexibility index (Phi) is 6.68. The van der Waals surface area contributed by atoms with E-state index in [4.69, 9.17) is 11.6 Å². The highest BCUT2D eigenvalue weighted by molar-refractivity contribution is 9.10. The summed E-state index contributed by atoms with van der Waals surface area (Å²) in [6, 6.07) is 12.6. The maximum Gasteiger partial charge on any atom is 0.212 e. The molecule has 0 bridgehead atoms. The van der Waals surface area contributed by atoms with Crippen LogP contribution in [0.2, 0.25) is 5.02 Å². The van der Waals surface area contributed by atoms with Crippen LogP contribution in [0, 0.1) is 5.82 Å². The van der Waals surface area contributed by atoms with Crippen LogP contribution < -0.4 is 0 Å². The van der Waals surface area contributed by atoms with E-state index in [-0.39, 0.29) is 11.5 Å². The van der Waals surface area contributed by atoms with E-state index in [0.717, 1.165) is 15.8 Å². The number of halogens is 3. The standard InChI is InChI=1S/C19H17BrClFN4S/c1-12(2)18-24-25-19(27-11-13-6-8-14(20)9-7-13)26(18)23-10-15-16(21)4-3-5-17(15)22/h3-10,12H,11H2,1-2H3/b23-10+. The highest BCUT2D eigenvalue weighted by atomic mass is 79.9. The van der Waals surface area contributed by atoms with Crippen molar-refractivity contribution < 1.29 is 4.39 Å². The fourth-order valence-corrected chi connectivity index (χ4v) is 3.64. The van der Waals surface area contributed by atoms with Gasteiger partial charge in [0.25, 0.3) is 0 Å². The molecule has 0 atom stereocenters. The first-order chi connectivity index (χ1) is 13.0. The van der Waals surface area contributed by atoms with Crippen LogP contribution in [0.5, 0.6) is 0 Å². The minimum Gasteiger partial charge on any atom is -0.206 e. The first kappa shape index (κ1) is 20.0. The van der Waals surface area contributed by atoms with Gasteiger partial charge in [-0.05, 0) is 29.8 Å². The van der Waals surface area contributed by atoms with Gasteiger partial charge in [0.1, 0.15) is 5.82 Å². The first-order valence-electron chi connectivity index (χ1n) is 8.26. The highest BCUT2D eigenvalue weighted by Crippen LogP contribution is 2.25. The quantitative estimate of drug-likeness (QED) is 0.323. The summed E-state index contributed by atoms with van der Waals surface area (Å²) in [6.07, 6.45) is 1.41. The van der Waals surface area contributed by atoms with Crippen LogP contribution in [0.15, 0.2) is 57.2 Å². The Labute approximate surface area is 175 Å². The van der Waals surface area contributed by atoms with Gasteiger partial charge in [-0.15, -0.1) is 10.2 Å². The molecule has 3 aromatic rings. The van der Waals surface area contributed by atoms with Gasteiger partial charge in [-0.1, -0.05) is 71.3 Å². The third-order valence-electron chi connectivity index (χ3n) is 3.74. The number of hydrogen-bond donors (Lipinski definition) is 0. The van der Waals surface area contributed by atoms with Gasteiger partial charge in [0, 0.05) is 21.7 Å². The normalized spacial score (nSPS) is 11.6. The van der Waals surface area contributed by atoms with Gasteiger partial charge in [0.2, 0.25) is 5.16 Å². The summed E-state index contributed by atoms with van der Waals surface area (Å²) in [5.74, 6) is 1.12. The molecule has 0 aliphatic heterocycles. The zero-order valence-electron chi connectivity index (χ0n) is 14.7. The van der Waals surface area contributed by atoms with E-state index in [1.54, 1.807) is 16.8 Å². The monoisotopic (exact) mass is 466 g/mol. The van der Waals surface area contributed by atoms with Crippen molar-refractivity contribution in [3.05, 3.63) is 74.7 Å². The molecule has 1 aromatic heterocycles. The SMILES string of the molecule is CC(C)c1nnc(SCc2ccc(Br)cc2)n1/N=C/c1c(F)cccc1Cl. The average molecular weight is 468 g/mol. The van der Waals surface area contributed by atoms with Crippen molar-refractivity contribution in [2.45, 2.75) is 30.7 Å². The molecule has 0 saturated carbocycles. The number of thioether (sulfide) groups is 1. The molecule has 4 nitrogen and oxygen atoms in total. The Morgan fingerprint density at radius 2 is 1.96 bits per heavy atom. The molecular formula is C19H17BrClFN4S. The Morgan fingerprint density at radius 1 is 1.22 bits per heavy atom. The van der Waals surface area contributed by atoms with Crippen LogP contribution in [0.25, 0.3) is 0 Å². The van der Waals surface area contributed by atoms with E-state index in [9.17, 15) is 4.39 Å². The second-order valence-electron chi connectivity index (χ2n) is 6.10. The smallest absolute Gasteiger partial charge is 0.206 e. The summed E-state index contributed by atoms with van der Waals surface area (Å²) < 4.78 is 16.7. The third-order valence-corrected chi connectivity index (χ3v) is 5.58. The molecule has 1 heterocycles. The van der Waals surface area contributed by atoms with Gasteiger partial charge in [-0.3, -0.25) is 0 Å². The fourth-order valence-electron chi connectivity index (χ4n) is 2.31. The van der Waals surface area contributed by atoms with Gasteiger partial charge < -0.3 is 0 Å². The summed E-state index contributed by atoms with van der Waals surface area (Å²) in [5, 5.41) is 13.9. The Bertz CT molecular complexity index is 937.